The molecule has 0 atom stereocenters. The number of allylic oxidation sites excluding steroid dienone is 7. The number of anilines is 1. The zero-order valence-corrected chi connectivity index (χ0v) is 35.6. The van der Waals surface area contributed by atoms with Crippen LogP contribution < -0.4 is 4.90 Å². The lowest BCUT2D eigenvalue weighted by molar-refractivity contribution is 0.645. The maximum Gasteiger partial charge on any atom is 0.133 e. The van der Waals surface area contributed by atoms with E-state index in [4.69, 9.17) is 15.8 Å². The summed E-state index contributed by atoms with van der Waals surface area (Å²) in [5.74, 6) is 0.715. The second kappa shape index (κ2) is 16.9. The van der Waals surface area contributed by atoms with Gasteiger partial charge in [0, 0.05) is 52.7 Å². The Morgan fingerprint density at radius 3 is 2.23 bits per heavy atom. The molecule has 0 aromatic heterocycles. The van der Waals surface area contributed by atoms with Gasteiger partial charge >= 0.3 is 0 Å². The molecule has 0 saturated heterocycles. The first kappa shape index (κ1) is 39.7. The monoisotopic (exact) mass is 790 g/mol. The molecular formula is C49H50N4S3. The summed E-state index contributed by atoms with van der Waals surface area (Å²) in [6.45, 7) is 9.19. The molecule has 56 heavy (non-hydrogen) atoms. The molecule has 7 heteroatoms. The van der Waals surface area contributed by atoms with E-state index in [9.17, 15) is 0 Å². The summed E-state index contributed by atoms with van der Waals surface area (Å²) in [5, 5.41) is 22.9. The minimum absolute atomic E-state index is 0.191. The molecule has 2 aliphatic rings. The Hall–Kier alpha value is -4.56. The highest BCUT2D eigenvalue weighted by Gasteiger charge is 2.39. The number of rotatable bonds is 8. The fourth-order valence-corrected chi connectivity index (χ4v) is 11.3. The van der Waals surface area contributed by atoms with E-state index < -0.39 is 0 Å². The molecule has 4 nitrogen and oxygen atoms in total. The predicted molar refractivity (Wildman–Crippen MR) is 250 cm³/mol. The maximum atomic E-state index is 9.16. The normalized spacial score (nSPS) is 17.5. The van der Waals surface area contributed by atoms with Gasteiger partial charge in [-0.25, -0.2) is 0 Å². The van der Waals surface area contributed by atoms with E-state index in [1.54, 1.807) is 0 Å². The van der Waals surface area contributed by atoms with E-state index in [0.29, 0.717) is 14.5 Å². The van der Waals surface area contributed by atoms with Crippen LogP contribution in [0.2, 0.25) is 0 Å². The predicted octanol–water partition coefficient (Wildman–Crippen LogP) is 13.8. The molecule has 5 aromatic rings. The standard InChI is InChI=1S/C49H50N4S3/c1-48(2,40-25-15-20-34-18-10-12-23-38(34)40)42(52-5)30-27-36-21-14-22-37(45(36)55-47(51)56-46(50)54-32-33-16-8-7-9-17-33)28-31-43-49(3,4)44-39-24-13-11-19-35(39)26-29-41(44)53(43)6/h7-13,15-20,23-31,50-51H,14,21-22,32H2,1-6H3/b30-27+,37-28+,43-31+,50-46?,51-47?,52-42?. The number of hydrogen-bond acceptors (Lipinski definition) is 7. The van der Waals surface area contributed by atoms with Crippen molar-refractivity contribution < 1.29 is 0 Å². The highest BCUT2D eigenvalue weighted by molar-refractivity contribution is 8.54. The van der Waals surface area contributed by atoms with Gasteiger partial charge in [-0.3, -0.25) is 15.8 Å². The van der Waals surface area contributed by atoms with E-state index >= 15 is 0 Å². The zero-order chi connectivity index (χ0) is 39.5. The molecule has 2 N–H and O–H groups in total. The van der Waals surface area contributed by atoms with Gasteiger partial charge in [-0.15, -0.1) is 0 Å². The lowest BCUT2D eigenvalue weighted by Gasteiger charge is -2.28. The molecule has 0 saturated carbocycles. The number of nitrogens with one attached hydrogen (secondary N) is 2. The summed E-state index contributed by atoms with van der Waals surface area (Å²) in [6, 6.07) is 38.5. The summed E-state index contributed by atoms with van der Waals surface area (Å²) < 4.78 is 0.846. The van der Waals surface area contributed by atoms with Gasteiger partial charge in [-0.1, -0.05) is 166 Å². The summed E-state index contributed by atoms with van der Waals surface area (Å²) >= 11 is 4.22. The molecular weight excluding hydrogens is 741 g/mol. The van der Waals surface area contributed by atoms with E-state index in [1.807, 2.05) is 25.2 Å². The van der Waals surface area contributed by atoms with Crippen LogP contribution in [0.1, 0.15) is 63.6 Å². The molecule has 1 aliphatic heterocycles. The smallest absolute Gasteiger partial charge is 0.133 e. The minimum Gasteiger partial charge on any atom is -0.347 e. The van der Waals surface area contributed by atoms with Gasteiger partial charge in [0.1, 0.15) is 8.75 Å². The van der Waals surface area contributed by atoms with Crippen molar-refractivity contribution in [1.82, 2.24) is 0 Å². The fraction of sp³-hybridized carbons (Fsp3) is 0.245. The summed E-state index contributed by atoms with van der Waals surface area (Å²) in [4.78, 5) is 8.33. The van der Waals surface area contributed by atoms with Crippen molar-refractivity contribution in [3.8, 4) is 0 Å². The molecule has 0 fully saturated rings. The van der Waals surface area contributed by atoms with Gasteiger partial charge in [-0.05, 0) is 98.6 Å². The first-order chi connectivity index (χ1) is 27.0. The number of aliphatic imine (C=N–C) groups is 1. The maximum absolute atomic E-state index is 9.16. The second-order valence-corrected chi connectivity index (χ2v) is 19.0. The van der Waals surface area contributed by atoms with Crippen LogP contribution >= 0.6 is 35.3 Å². The van der Waals surface area contributed by atoms with Crippen LogP contribution in [0, 0.1) is 10.8 Å². The van der Waals surface area contributed by atoms with Crippen molar-refractivity contribution in [2.45, 2.75) is 63.5 Å². The fourth-order valence-electron chi connectivity index (χ4n) is 8.33. The molecule has 0 amide bonds. The molecule has 0 radical (unpaired) electrons. The Labute approximate surface area is 345 Å². The quantitative estimate of drug-likeness (QED) is 0.121. The Balaban J connectivity index is 1.23. The lowest BCUT2D eigenvalue weighted by Crippen LogP contribution is -2.28. The highest BCUT2D eigenvalue weighted by atomic mass is 32.2. The van der Waals surface area contributed by atoms with Crippen molar-refractivity contribution >= 4 is 77.0 Å². The molecule has 1 heterocycles. The molecule has 284 valence electrons. The Morgan fingerprint density at radius 1 is 0.804 bits per heavy atom. The second-order valence-electron chi connectivity index (χ2n) is 15.5. The third-order valence-electron chi connectivity index (χ3n) is 11.2. The van der Waals surface area contributed by atoms with Gasteiger partial charge in [0.25, 0.3) is 0 Å². The minimum atomic E-state index is -0.330. The van der Waals surface area contributed by atoms with Crippen LogP contribution in [0.15, 0.2) is 160 Å². The average Bonchev–Trinajstić information content (AvgIpc) is 3.40. The largest absolute Gasteiger partial charge is 0.347 e. The van der Waals surface area contributed by atoms with Crippen LogP contribution in [-0.4, -0.2) is 28.6 Å². The zero-order valence-electron chi connectivity index (χ0n) is 33.1. The Bertz CT molecular complexity index is 2460. The van der Waals surface area contributed by atoms with E-state index in [1.165, 1.54) is 96.1 Å². The lowest BCUT2D eigenvalue weighted by atomic mass is 9.77. The number of hydrogen-bond donors (Lipinski definition) is 2. The molecule has 7 rings (SSSR count). The van der Waals surface area contributed by atoms with Crippen LogP contribution in [0.4, 0.5) is 5.69 Å². The summed E-state index contributed by atoms with van der Waals surface area (Å²) in [6.07, 6.45) is 11.9. The summed E-state index contributed by atoms with van der Waals surface area (Å²) in [5.41, 5.74) is 9.23. The van der Waals surface area contributed by atoms with Crippen LogP contribution in [0.5, 0.6) is 0 Å². The van der Waals surface area contributed by atoms with Gasteiger partial charge in [-0.2, -0.15) is 0 Å². The van der Waals surface area contributed by atoms with Gasteiger partial charge in [0.2, 0.25) is 0 Å². The van der Waals surface area contributed by atoms with E-state index in [-0.39, 0.29) is 10.8 Å². The van der Waals surface area contributed by atoms with Crippen LogP contribution in [0.25, 0.3) is 21.5 Å². The van der Waals surface area contributed by atoms with Gasteiger partial charge < -0.3 is 4.90 Å². The number of benzene rings is 5. The van der Waals surface area contributed by atoms with Crippen molar-refractivity contribution in [3.05, 3.63) is 172 Å². The number of thioether (sulfide) groups is 3. The molecule has 1 aliphatic carbocycles. The van der Waals surface area contributed by atoms with E-state index in [0.717, 1.165) is 29.9 Å². The topological polar surface area (TPSA) is 63.3 Å². The molecule has 0 bridgehead atoms. The van der Waals surface area contributed by atoms with Crippen molar-refractivity contribution in [2.75, 3.05) is 19.0 Å². The van der Waals surface area contributed by atoms with Crippen molar-refractivity contribution in [2.24, 2.45) is 4.99 Å². The summed E-state index contributed by atoms with van der Waals surface area (Å²) in [7, 11) is 4.07. The van der Waals surface area contributed by atoms with Gasteiger partial charge in [0.05, 0.1) is 0 Å². The number of nitrogens with zero attached hydrogens (tertiary/aromatic N) is 2. The third-order valence-corrected chi connectivity index (χ3v) is 14.3. The number of likely N-dealkylation sites (N-methyl/N-ethyl adjacent to an activating group) is 1. The SMILES string of the molecule is CN=C(/C=C/C1=C(SC(=N)SC(=N)SCc2ccccc2)C(=C/C=C2/N(C)c3ccc4ccccc4c3C2(C)C)/CCC1)C(C)(C)c1cccc2ccccc12. The first-order valence-electron chi connectivity index (χ1n) is 19.2. The number of fused-ring (bicyclic) bond motifs is 4. The van der Waals surface area contributed by atoms with E-state index in [2.05, 4.69) is 155 Å². The van der Waals surface area contributed by atoms with Crippen molar-refractivity contribution in [3.63, 3.8) is 0 Å². The Kier molecular flexibility index (Phi) is 12.0. The average molecular weight is 791 g/mol. The van der Waals surface area contributed by atoms with Crippen LogP contribution in [-0.2, 0) is 16.6 Å². The molecule has 0 unspecified atom stereocenters. The van der Waals surface area contributed by atoms with Gasteiger partial charge in [0.15, 0.2) is 0 Å². The first-order valence-corrected chi connectivity index (χ1v) is 21.8. The third kappa shape index (κ3) is 8.13. The molecule has 5 aromatic carbocycles. The van der Waals surface area contributed by atoms with Crippen LogP contribution in [0.3, 0.4) is 0 Å². The highest BCUT2D eigenvalue weighted by Crippen LogP contribution is 2.50. The Morgan fingerprint density at radius 2 is 1.48 bits per heavy atom. The molecule has 0 spiro atoms. The van der Waals surface area contributed by atoms with Crippen molar-refractivity contribution in [1.29, 1.82) is 10.8 Å².